The van der Waals surface area contributed by atoms with Gasteiger partial charge in [0.2, 0.25) is 0 Å². The summed E-state index contributed by atoms with van der Waals surface area (Å²) >= 11 is 0. The minimum Gasteiger partial charge on any atom is -0.339 e. The molecule has 0 spiro atoms. The molecule has 5 heteroatoms. The van der Waals surface area contributed by atoms with Crippen molar-refractivity contribution >= 4 is 17.4 Å². The number of carbonyl (C=O) groups is 1. The summed E-state index contributed by atoms with van der Waals surface area (Å²) in [6.45, 7) is 4.61. The van der Waals surface area contributed by atoms with E-state index in [1.54, 1.807) is 24.1 Å². The highest BCUT2D eigenvalue weighted by atomic mass is 16.2. The molecule has 26 heavy (non-hydrogen) atoms. The molecule has 0 radical (unpaired) electrons. The monoisotopic (exact) mass is 346 g/mol. The Morgan fingerprint density at radius 1 is 1.00 bits per heavy atom. The molecule has 0 bridgehead atoms. The Morgan fingerprint density at radius 2 is 1.77 bits per heavy atom. The van der Waals surface area contributed by atoms with Gasteiger partial charge in [0, 0.05) is 19.3 Å². The minimum atomic E-state index is -0.153. The van der Waals surface area contributed by atoms with E-state index in [9.17, 15) is 4.79 Å². The van der Waals surface area contributed by atoms with Crippen molar-refractivity contribution in [3.05, 3.63) is 83.0 Å². The first-order chi connectivity index (χ1) is 12.5. The fraction of sp³-hybridized carbons (Fsp3) is 0.190. The Balaban J connectivity index is 1.68. The van der Waals surface area contributed by atoms with Gasteiger partial charge in [-0.3, -0.25) is 4.79 Å². The molecule has 1 heterocycles. The van der Waals surface area contributed by atoms with Crippen LogP contribution >= 0.6 is 0 Å². The summed E-state index contributed by atoms with van der Waals surface area (Å²) in [6, 6.07) is 19.5. The second kappa shape index (κ2) is 7.78. The SMILES string of the molecule is Cc1ccc(C)c(Nc2ccc(C(=O)N(C)Cc3ccccc3)nn2)c1. The Bertz CT molecular complexity index is 892. The number of aromatic nitrogens is 2. The molecule has 3 aromatic rings. The van der Waals surface area contributed by atoms with Crippen LogP contribution in [0.25, 0.3) is 0 Å². The molecule has 0 unspecified atom stereocenters. The number of nitrogens with zero attached hydrogens (tertiary/aromatic N) is 3. The first-order valence-corrected chi connectivity index (χ1v) is 8.50. The molecule has 0 atom stereocenters. The zero-order chi connectivity index (χ0) is 18.5. The number of anilines is 2. The average Bonchev–Trinajstić information content (AvgIpc) is 2.65. The normalized spacial score (nSPS) is 10.4. The van der Waals surface area contributed by atoms with Crippen LogP contribution in [0.5, 0.6) is 0 Å². The first-order valence-electron chi connectivity index (χ1n) is 8.50. The Kier molecular flexibility index (Phi) is 5.27. The van der Waals surface area contributed by atoms with Crippen molar-refractivity contribution in [2.24, 2.45) is 0 Å². The van der Waals surface area contributed by atoms with E-state index in [1.807, 2.05) is 44.2 Å². The molecule has 1 aromatic heterocycles. The van der Waals surface area contributed by atoms with Crippen molar-refractivity contribution < 1.29 is 4.79 Å². The smallest absolute Gasteiger partial charge is 0.274 e. The lowest BCUT2D eigenvalue weighted by atomic mass is 10.1. The van der Waals surface area contributed by atoms with E-state index in [1.165, 1.54) is 5.56 Å². The highest BCUT2D eigenvalue weighted by Gasteiger charge is 2.14. The lowest BCUT2D eigenvalue weighted by Gasteiger charge is -2.16. The maximum atomic E-state index is 12.5. The maximum Gasteiger partial charge on any atom is 0.274 e. The summed E-state index contributed by atoms with van der Waals surface area (Å²) in [5.74, 6) is 0.459. The third-order valence-corrected chi connectivity index (χ3v) is 4.15. The molecule has 1 amide bonds. The van der Waals surface area contributed by atoms with Gasteiger partial charge in [-0.05, 0) is 48.7 Å². The van der Waals surface area contributed by atoms with Gasteiger partial charge in [0.05, 0.1) is 0 Å². The van der Waals surface area contributed by atoms with Gasteiger partial charge < -0.3 is 10.2 Å². The standard InChI is InChI=1S/C21H22N4O/c1-15-9-10-16(2)19(13-15)22-20-12-11-18(23-24-20)21(26)25(3)14-17-7-5-4-6-8-17/h4-13H,14H2,1-3H3,(H,22,24). The predicted molar refractivity (Wildman–Crippen MR) is 103 cm³/mol. The van der Waals surface area contributed by atoms with Crippen molar-refractivity contribution in [2.45, 2.75) is 20.4 Å². The second-order valence-electron chi connectivity index (χ2n) is 6.39. The highest BCUT2D eigenvalue weighted by Crippen LogP contribution is 2.20. The van der Waals surface area contributed by atoms with E-state index in [0.29, 0.717) is 18.1 Å². The van der Waals surface area contributed by atoms with Gasteiger partial charge in [0.1, 0.15) is 0 Å². The molecule has 0 aliphatic heterocycles. The van der Waals surface area contributed by atoms with E-state index in [-0.39, 0.29) is 5.91 Å². The van der Waals surface area contributed by atoms with Crippen LogP contribution < -0.4 is 5.32 Å². The van der Waals surface area contributed by atoms with Crippen LogP contribution in [0.3, 0.4) is 0 Å². The molecule has 3 rings (SSSR count). The van der Waals surface area contributed by atoms with Gasteiger partial charge in [0.15, 0.2) is 11.5 Å². The topological polar surface area (TPSA) is 58.1 Å². The summed E-state index contributed by atoms with van der Waals surface area (Å²) in [6.07, 6.45) is 0. The van der Waals surface area contributed by atoms with Gasteiger partial charge in [-0.2, -0.15) is 0 Å². The number of carbonyl (C=O) groups excluding carboxylic acids is 1. The quantitative estimate of drug-likeness (QED) is 0.755. The van der Waals surface area contributed by atoms with Crippen molar-refractivity contribution in [3.63, 3.8) is 0 Å². The lowest BCUT2D eigenvalue weighted by molar-refractivity contribution is 0.0778. The molecule has 0 saturated carbocycles. The van der Waals surface area contributed by atoms with Crippen LogP contribution in [0.1, 0.15) is 27.2 Å². The molecule has 0 aliphatic rings. The van der Waals surface area contributed by atoms with Crippen LogP contribution in [-0.2, 0) is 6.54 Å². The van der Waals surface area contributed by atoms with Gasteiger partial charge >= 0.3 is 0 Å². The number of aryl methyl sites for hydroxylation is 2. The number of amides is 1. The van der Waals surface area contributed by atoms with Crippen LogP contribution in [0.2, 0.25) is 0 Å². The molecule has 0 saturated heterocycles. The largest absolute Gasteiger partial charge is 0.339 e. The number of hydrogen-bond donors (Lipinski definition) is 1. The van der Waals surface area contributed by atoms with E-state index >= 15 is 0 Å². The number of rotatable bonds is 5. The zero-order valence-electron chi connectivity index (χ0n) is 15.2. The third kappa shape index (κ3) is 4.25. The third-order valence-electron chi connectivity index (χ3n) is 4.15. The van der Waals surface area contributed by atoms with Crippen molar-refractivity contribution in [1.29, 1.82) is 0 Å². The molecular formula is C21H22N4O. The lowest BCUT2D eigenvalue weighted by Crippen LogP contribution is -2.27. The van der Waals surface area contributed by atoms with Crippen molar-refractivity contribution in [3.8, 4) is 0 Å². The second-order valence-corrected chi connectivity index (χ2v) is 6.39. The summed E-state index contributed by atoms with van der Waals surface area (Å²) in [7, 11) is 1.76. The van der Waals surface area contributed by atoms with Crippen LogP contribution in [0.4, 0.5) is 11.5 Å². The molecule has 0 fully saturated rings. The van der Waals surface area contributed by atoms with E-state index in [4.69, 9.17) is 0 Å². The first kappa shape index (κ1) is 17.6. The Labute approximate surface area is 153 Å². The zero-order valence-corrected chi connectivity index (χ0v) is 15.2. The molecule has 1 N–H and O–H groups in total. The fourth-order valence-corrected chi connectivity index (χ4v) is 2.65. The van der Waals surface area contributed by atoms with Crippen molar-refractivity contribution in [1.82, 2.24) is 15.1 Å². The molecule has 2 aromatic carbocycles. The van der Waals surface area contributed by atoms with Crippen LogP contribution in [-0.4, -0.2) is 28.1 Å². The fourth-order valence-electron chi connectivity index (χ4n) is 2.65. The number of benzene rings is 2. The number of nitrogens with one attached hydrogen (secondary N) is 1. The highest BCUT2D eigenvalue weighted by molar-refractivity contribution is 5.92. The van der Waals surface area contributed by atoms with Crippen LogP contribution in [0.15, 0.2) is 60.7 Å². The molecule has 5 nitrogen and oxygen atoms in total. The summed E-state index contributed by atoms with van der Waals surface area (Å²) in [4.78, 5) is 14.2. The predicted octanol–water partition coefficient (Wildman–Crippen LogP) is 4.11. The van der Waals surface area contributed by atoms with Crippen molar-refractivity contribution in [2.75, 3.05) is 12.4 Å². The Morgan fingerprint density at radius 3 is 2.46 bits per heavy atom. The molecular weight excluding hydrogens is 324 g/mol. The van der Waals surface area contributed by atoms with Gasteiger partial charge in [-0.15, -0.1) is 10.2 Å². The Hall–Kier alpha value is -3.21. The van der Waals surface area contributed by atoms with Gasteiger partial charge in [-0.25, -0.2) is 0 Å². The van der Waals surface area contributed by atoms with Gasteiger partial charge in [-0.1, -0.05) is 42.5 Å². The summed E-state index contributed by atoms with van der Waals surface area (Å²) in [5, 5.41) is 11.5. The number of hydrogen-bond acceptors (Lipinski definition) is 4. The minimum absolute atomic E-state index is 0.153. The summed E-state index contributed by atoms with van der Waals surface area (Å²) in [5.41, 5.74) is 4.68. The van der Waals surface area contributed by atoms with E-state index in [2.05, 4.69) is 33.7 Å². The molecule has 0 aliphatic carbocycles. The van der Waals surface area contributed by atoms with E-state index in [0.717, 1.165) is 16.8 Å². The van der Waals surface area contributed by atoms with Gasteiger partial charge in [0.25, 0.3) is 5.91 Å². The average molecular weight is 346 g/mol. The molecule has 132 valence electrons. The van der Waals surface area contributed by atoms with E-state index < -0.39 is 0 Å². The maximum absolute atomic E-state index is 12.5. The van der Waals surface area contributed by atoms with Crippen LogP contribution in [0, 0.1) is 13.8 Å². The summed E-state index contributed by atoms with van der Waals surface area (Å²) < 4.78 is 0.